The first-order chi connectivity index (χ1) is 9.08. The van der Waals surface area contributed by atoms with Gasteiger partial charge in [-0.25, -0.2) is 9.59 Å². The second-order valence-corrected chi connectivity index (χ2v) is 3.82. The van der Waals surface area contributed by atoms with Gasteiger partial charge in [0.1, 0.15) is 0 Å². The minimum absolute atomic E-state index is 0.494. The summed E-state index contributed by atoms with van der Waals surface area (Å²) in [7, 11) is 1.29. The number of carbonyl (C=O) groups excluding carboxylic acids is 1. The van der Waals surface area contributed by atoms with Gasteiger partial charge in [0.05, 0.1) is 7.11 Å². The molecule has 0 fully saturated rings. The molecule has 0 radical (unpaired) electrons. The second kappa shape index (κ2) is 5.26. The van der Waals surface area contributed by atoms with Crippen molar-refractivity contribution in [1.29, 1.82) is 0 Å². The van der Waals surface area contributed by atoms with E-state index in [1.165, 1.54) is 7.11 Å². The maximum Gasteiger partial charge on any atom is 0.411 e. The highest BCUT2D eigenvalue weighted by atomic mass is 16.5. The summed E-state index contributed by atoms with van der Waals surface area (Å²) in [6.45, 7) is 0. The highest BCUT2D eigenvalue weighted by Gasteiger charge is 2.03. The fraction of sp³-hybridized carbons (Fsp3) is 0.0769. The van der Waals surface area contributed by atoms with Gasteiger partial charge in [0.2, 0.25) is 0 Å². The average molecular weight is 260 g/mol. The molecule has 0 bridgehead atoms. The lowest BCUT2D eigenvalue weighted by atomic mass is 10.1. The summed E-state index contributed by atoms with van der Waals surface area (Å²) in [6.07, 6.45) is -1.65. The molecule has 19 heavy (non-hydrogen) atoms. The summed E-state index contributed by atoms with van der Waals surface area (Å²) >= 11 is 0. The van der Waals surface area contributed by atoms with Crippen molar-refractivity contribution in [3.8, 4) is 0 Å². The number of benzene rings is 2. The largest absolute Gasteiger partial charge is 0.465 e. The minimum Gasteiger partial charge on any atom is -0.465 e. The fourth-order valence-corrected chi connectivity index (χ4v) is 1.69. The zero-order valence-electron chi connectivity index (χ0n) is 10.1. The molecular formula is C13H12N2O4. The van der Waals surface area contributed by atoms with Crippen molar-refractivity contribution < 1.29 is 19.4 Å². The van der Waals surface area contributed by atoms with E-state index in [-0.39, 0.29) is 0 Å². The molecule has 0 atom stereocenters. The van der Waals surface area contributed by atoms with Crippen molar-refractivity contribution in [2.24, 2.45) is 0 Å². The van der Waals surface area contributed by atoms with Crippen LogP contribution in [0, 0.1) is 0 Å². The number of methoxy groups -OCH3 is 1. The van der Waals surface area contributed by atoms with Crippen LogP contribution in [-0.2, 0) is 4.74 Å². The summed E-state index contributed by atoms with van der Waals surface area (Å²) in [6, 6.07) is 10.4. The number of fused-ring (bicyclic) bond motifs is 1. The summed E-state index contributed by atoms with van der Waals surface area (Å²) in [5.41, 5.74) is 1.10. The summed E-state index contributed by atoms with van der Waals surface area (Å²) in [5, 5.41) is 15.2. The van der Waals surface area contributed by atoms with Gasteiger partial charge in [0.25, 0.3) is 0 Å². The number of rotatable bonds is 2. The Kier molecular flexibility index (Phi) is 3.51. The zero-order chi connectivity index (χ0) is 13.8. The van der Waals surface area contributed by atoms with Gasteiger partial charge in [-0.1, -0.05) is 12.1 Å². The quantitative estimate of drug-likeness (QED) is 0.774. The maximum absolute atomic E-state index is 11.1. The first kappa shape index (κ1) is 12.7. The van der Waals surface area contributed by atoms with E-state index in [1.807, 2.05) is 0 Å². The first-order valence-corrected chi connectivity index (χ1v) is 5.47. The van der Waals surface area contributed by atoms with Crippen molar-refractivity contribution >= 4 is 34.3 Å². The Morgan fingerprint density at radius 3 is 2.00 bits per heavy atom. The Labute approximate surface area is 109 Å². The molecule has 0 aliphatic heterocycles. The van der Waals surface area contributed by atoms with Gasteiger partial charge in [-0.15, -0.1) is 0 Å². The van der Waals surface area contributed by atoms with Crippen LogP contribution in [0.3, 0.4) is 0 Å². The monoisotopic (exact) mass is 260 g/mol. The Morgan fingerprint density at radius 2 is 1.53 bits per heavy atom. The highest BCUT2D eigenvalue weighted by molar-refractivity contribution is 5.94. The van der Waals surface area contributed by atoms with Crippen LogP contribution in [0.25, 0.3) is 10.8 Å². The molecule has 2 aromatic carbocycles. The number of hydrogen-bond acceptors (Lipinski definition) is 3. The molecule has 2 amide bonds. The number of carbonyl (C=O) groups is 2. The highest BCUT2D eigenvalue weighted by Crippen LogP contribution is 2.22. The Morgan fingerprint density at radius 1 is 1.00 bits per heavy atom. The first-order valence-electron chi connectivity index (χ1n) is 5.47. The van der Waals surface area contributed by atoms with E-state index in [0.717, 1.165) is 10.8 Å². The van der Waals surface area contributed by atoms with Crippen LogP contribution >= 0.6 is 0 Å². The van der Waals surface area contributed by atoms with Crippen molar-refractivity contribution in [2.75, 3.05) is 17.7 Å². The van der Waals surface area contributed by atoms with Crippen LogP contribution in [0.4, 0.5) is 21.0 Å². The SMILES string of the molecule is COC(=O)Nc1ccc2cc(NC(=O)O)ccc2c1. The van der Waals surface area contributed by atoms with Gasteiger partial charge < -0.3 is 9.84 Å². The van der Waals surface area contributed by atoms with E-state index in [2.05, 4.69) is 15.4 Å². The Balaban J connectivity index is 2.29. The van der Waals surface area contributed by atoms with Crippen molar-refractivity contribution in [1.82, 2.24) is 0 Å². The number of hydrogen-bond donors (Lipinski definition) is 3. The van der Waals surface area contributed by atoms with Crippen LogP contribution in [0.5, 0.6) is 0 Å². The van der Waals surface area contributed by atoms with E-state index in [1.54, 1.807) is 36.4 Å². The fourth-order valence-electron chi connectivity index (χ4n) is 1.69. The molecule has 0 unspecified atom stereocenters. The molecule has 0 aliphatic carbocycles. The maximum atomic E-state index is 11.1. The third kappa shape index (κ3) is 3.12. The van der Waals surface area contributed by atoms with Crippen LogP contribution in [-0.4, -0.2) is 24.4 Å². The molecule has 0 aliphatic rings. The van der Waals surface area contributed by atoms with Gasteiger partial charge >= 0.3 is 12.2 Å². The smallest absolute Gasteiger partial charge is 0.411 e. The van der Waals surface area contributed by atoms with Gasteiger partial charge in [0, 0.05) is 11.4 Å². The normalized spacial score (nSPS) is 9.95. The van der Waals surface area contributed by atoms with Crippen molar-refractivity contribution in [3.05, 3.63) is 36.4 Å². The molecule has 2 aromatic rings. The van der Waals surface area contributed by atoms with E-state index >= 15 is 0 Å². The standard InChI is InChI=1S/C13H12N2O4/c1-19-13(18)15-11-5-3-8-6-10(14-12(16)17)4-2-9(8)7-11/h2-7,14H,1H3,(H,15,18)(H,16,17). The van der Waals surface area contributed by atoms with E-state index in [4.69, 9.17) is 5.11 Å². The van der Waals surface area contributed by atoms with Crippen LogP contribution in [0.15, 0.2) is 36.4 Å². The number of ether oxygens (including phenoxy) is 1. The molecule has 0 aromatic heterocycles. The molecule has 2 rings (SSSR count). The lowest BCUT2D eigenvalue weighted by Crippen LogP contribution is -2.10. The molecule has 6 heteroatoms. The van der Waals surface area contributed by atoms with Gasteiger partial charge in [-0.05, 0) is 35.0 Å². The van der Waals surface area contributed by atoms with Gasteiger partial charge in [0.15, 0.2) is 0 Å². The summed E-state index contributed by atoms with van der Waals surface area (Å²) < 4.78 is 4.50. The zero-order valence-corrected chi connectivity index (χ0v) is 10.1. The van der Waals surface area contributed by atoms with Crippen LogP contribution in [0.2, 0.25) is 0 Å². The molecule has 6 nitrogen and oxygen atoms in total. The Hall–Kier alpha value is -2.76. The molecule has 0 saturated heterocycles. The third-order valence-corrected chi connectivity index (χ3v) is 2.52. The van der Waals surface area contributed by atoms with Crippen molar-refractivity contribution in [2.45, 2.75) is 0 Å². The summed E-state index contributed by atoms with van der Waals surface area (Å²) in [4.78, 5) is 21.6. The molecule has 3 N–H and O–H groups in total. The van der Waals surface area contributed by atoms with E-state index in [0.29, 0.717) is 11.4 Å². The second-order valence-electron chi connectivity index (χ2n) is 3.82. The predicted molar refractivity (Wildman–Crippen MR) is 71.6 cm³/mol. The van der Waals surface area contributed by atoms with Crippen LogP contribution in [0.1, 0.15) is 0 Å². The molecular weight excluding hydrogens is 248 g/mol. The average Bonchev–Trinajstić information content (AvgIpc) is 2.38. The number of nitrogens with one attached hydrogen (secondary N) is 2. The summed E-state index contributed by atoms with van der Waals surface area (Å²) in [5.74, 6) is 0. The molecule has 0 spiro atoms. The number of anilines is 2. The van der Waals surface area contributed by atoms with Gasteiger partial charge in [-0.3, -0.25) is 10.6 Å². The minimum atomic E-state index is -1.11. The lowest BCUT2D eigenvalue weighted by Gasteiger charge is -2.07. The Bertz CT molecular complexity index is 640. The topological polar surface area (TPSA) is 87.7 Å². The van der Waals surface area contributed by atoms with E-state index in [9.17, 15) is 9.59 Å². The number of amides is 2. The van der Waals surface area contributed by atoms with E-state index < -0.39 is 12.2 Å². The third-order valence-electron chi connectivity index (χ3n) is 2.52. The lowest BCUT2D eigenvalue weighted by molar-refractivity contribution is 0.187. The van der Waals surface area contributed by atoms with Gasteiger partial charge in [-0.2, -0.15) is 0 Å². The predicted octanol–water partition coefficient (Wildman–Crippen LogP) is 3.11. The molecule has 0 saturated carbocycles. The molecule has 0 heterocycles. The van der Waals surface area contributed by atoms with Crippen molar-refractivity contribution in [3.63, 3.8) is 0 Å². The number of carboxylic acid groups (broad SMARTS) is 1. The molecule has 98 valence electrons. The van der Waals surface area contributed by atoms with Crippen LogP contribution < -0.4 is 10.6 Å².